The molecule has 0 aromatic heterocycles. The van der Waals surface area contributed by atoms with Crippen LogP contribution in [0.3, 0.4) is 0 Å². The molecule has 0 atom stereocenters. The van der Waals surface area contributed by atoms with E-state index in [1.807, 2.05) is 4.90 Å². The van der Waals surface area contributed by atoms with Crippen LogP contribution in [-0.4, -0.2) is 62.3 Å². The molecule has 0 unspecified atom stereocenters. The van der Waals surface area contributed by atoms with E-state index in [0.29, 0.717) is 36.0 Å². The van der Waals surface area contributed by atoms with Gasteiger partial charge in [-0.05, 0) is 72.7 Å². The van der Waals surface area contributed by atoms with Gasteiger partial charge in [-0.15, -0.1) is 0 Å². The third-order valence-electron chi connectivity index (χ3n) is 5.93. The summed E-state index contributed by atoms with van der Waals surface area (Å²) in [5.41, 5.74) is 0.341. The van der Waals surface area contributed by atoms with Crippen molar-refractivity contribution in [2.24, 2.45) is 5.92 Å². The maximum atomic E-state index is 13.1. The lowest BCUT2D eigenvalue weighted by atomic mass is 9.95. The Balaban J connectivity index is 1.43. The number of carbonyl (C=O) groups is 2. The summed E-state index contributed by atoms with van der Waals surface area (Å²) in [4.78, 5) is 29.4. The van der Waals surface area contributed by atoms with Gasteiger partial charge < -0.3 is 9.80 Å². The second-order valence-corrected chi connectivity index (χ2v) is 10.7. The van der Waals surface area contributed by atoms with Crippen LogP contribution in [0, 0.1) is 5.92 Å². The SMILES string of the molecule is O=C(c1cc(S(=O)(=O)NC2CC2)ccc1Br)N1CCC(C(=O)N2CCCC2)CC1. The van der Waals surface area contributed by atoms with E-state index in [9.17, 15) is 18.0 Å². The highest BCUT2D eigenvalue weighted by Crippen LogP contribution is 2.28. The van der Waals surface area contributed by atoms with Crippen molar-refractivity contribution in [1.82, 2.24) is 14.5 Å². The van der Waals surface area contributed by atoms with Gasteiger partial charge in [0.2, 0.25) is 15.9 Å². The second-order valence-electron chi connectivity index (χ2n) is 8.14. The van der Waals surface area contributed by atoms with Gasteiger partial charge in [0, 0.05) is 42.6 Å². The van der Waals surface area contributed by atoms with Crippen molar-refractivity contribution in [3.8, 4) is 0 Å². The Morgan fingerprint density at radius 2 is 1.62 bits per heavy atom. The third-order valence-corrected chi connectivity index (χ3v) is 8.14. The molecular formula is C20H26BrN3O4S. The quantitative estimate of drug-likeness (QED) is 0.696. The van der Waals surface area contributed by atoms with Crippen molar-refractivity contribution < 1.29 is 18.0 Å². The van der Waals surface area contributed by atoms with Crippen molar-refractivity contribution in [1.29, 1.82) is 0 Å². The van der Waals surface area contributed by atoms with Gasteiger partial charge in [0.05, 0.1) is 10.5 Å². The van der Waals surface area contributed by atoms with Crippen LogP contribution in [0.25, 0.3) is 0 Å². The molecule has 4 rings (SSSR count). The minimum Gasteiger partial charge on any atom is -0.342 e. The predicted molar refractivity (Wildman–Crippen MR) is 112 cm³/mol. The van der Waals surface area contributed by atoms with Gasteiger partial charge in [0.1, 0.15) is 0 Å². The van der Waals surface area contributed by atoms with Crippen LogP contribution < -0.4 is 4.72 Å². The van der Waals surface area contributed by atoms with E-state index in [-0.39, 0.29) is 28.7 Å². The molecule has 1 aromatic carbocycles. The van der Waals surface area contributed by atoms with Crippen LogP contribution in [0.5, 0.6) is 0 Å². The summed E-state index contributed by atoms with van der Waals surface area (Å²) in [6.45, 7) is 2.71. The molecule has 3 fully saturated rings. The highest BCUT2D eigenvalue weighted by atomic mass is 79.9. The Morgan fingerprint density at radius 1 is 0.966 bits per heavy atom. The number of carbonyl (C=O) groups excluding carboxylic acids is 2. The fourth-order valence-electron chi connectivity index (χ4n) is 4.02. The first kappa shape index (κ1) is 20.8. The summed E-state index contributed by atoms with van der Waals surface area (Å²) in [6.07, 6.45) is 5.16. The lowest BCUT2D eigenvalue weighted by Crippen LogP contribution is -2.43. The zero-order valence-electron chi connectivity index (χ0n) is 16.3. The Hall–Kier alpha value is -1.45. The van der Waals surface area contributed by atoms with Crippen LogP contribution >= 0.6 is 15.9 Å². The molecule has 158 valence electrons. The van der Waals surface area contributed by atoms with Crippen molar-refractivity contribution >= 4 is 37.8 Å². The molecule has 1 saturated carbocycles. The first-order chi connectivity index (χ1) is 13.8. The fraction of sp³-hybridized carbons (Fsp3) is 0.600. The molecule has 2 amide bonds. The summed E-state index contributed by atoms with van der Waals surface area (Å²) in [6, 6.07) is 4.57. The monoisotopic (exact) mass is 483 g/mol. The van der Waals surface area contributed by atoms with E-state index < -0.39 is 10.0 Å². The van der Waals surface area contributed by atoms with Crippen LogP contribution in [0.2, 0.25) is 0 Å². The number of benzene rings is 1. The highest BCUT2D eigenvalue weighted by molar-refractivity contribution is 9.10. The summed E-state index contributed by atoms with van der Waals surface area (Å²) in [7, 11) is -3.62. The highest BCUT2D eigenvalue weighted by Gasteiger charge is 2.33. The average molecular weight is 484 g/mol. The van der Waals surface area contributed by atoms with Gasteiger partial charge in [0.15, 0.2) is 0 Å². The number of piperidine rings is 1. The van der Waals surface area contributed by atoms with E-state index in [1.54, 1.807) is 11.0 Å². The van der Waals surface area contributed by atoms with E-state index in [4.69, 9.17) is 0 Å². The van der Waals surface area contributed by atoms with Crippen LogP contribution in [0.1, 0.15) is 48.9 Å². The van der Waals surface area contributed by atoms with Gasteiger partial charge in [-0.1, -0.05) is 0 Å². The number of sulfonamides is 1. The van der Waals surface area contributed by atoms with E-state index in [0.717, 1.165) is 38.8 Å². The average Bonchev–Trinajstić information content (AvgIpc) is 3.34. The maximum Gasteiger partial charge on any atom is 0.255 e. The molecule has 0 radical (unpaired) electrons. The zero-order chi connectivity index (χ0) is 20.6. The summed E-state index contributed by atoms with van der Waals surface area (Å²) < 4.78 is 28.2. The molecule has 2 saturated heterocycles. The molecule has 3 aliphatic rings. The molecule has 1 aromatic rings. The molecule has 9 heteroatoms. The molecular weight excluding hydrogens is 458 g/mol. The van der Waals surface area contributed by atoms with Crippen molar-refractivity contribution in [3.63, 3.8) is 0 Å². The van der Waals surface area contributed by atoms with Crippen molar-refractivity contribution in [2.75, 3.05) is 26.2 Å². The molecule has 1 aliphatic carbocycles. The number of likely N-dealkylation sites (tertiary alicyclic amines) is 2. The Labute approximate surface area is 180 Å². The molecule has 0 bridgehead atoms. The van der Waals surface area contributed by atoms with E-state index in [1.165, 1.54) is 12.1 Å². The lowest BCUT2D eigenvalue weighted by Gasteiger charge is -2.33. The molecule has 7 nitrogen and oxygen atoms in total. The van der Waals surface area contributed by atoms with Gasteiger partial charge in [0.25, 0.3) is 5.91 Å². The van der Waals surface area contributed by atoms with Gasteiger partial charge >= 0.3 is 0 Å². The van der Waals surface area contributed by atoms with Crippen LogP contribution in [0.15, 0.2) is 27.6 Å². The Morgan fingerprint density at radius 3 is 2.24 bits per heavy atom. The summed E-state index contributed by atoms with van der Waals surface area (Å²) >= 11 is 3.38. The number of nitrogens with zero attached hydrogens (tertiary/aromatic N) is 2. The third kappa shape index (κ3) is 4.67. The minimum atomic E-state index is -3.62. The molecule has 29 heavy (non-hydrogen) atoms. The number of rotatable bonds is 5. The van der Waals surface area contributed by atoms with Gasteiger partial charge in [-0.2, -0.15) is 0 Å². The first-order valence-electron chi connectivity index (χ1n) is 10.2. The van der Waals surface area contributed by atoms with Crippen molar-refractivity contribution in [2.45, 2.75) is 49.5 Å². The second kappa shape index (κ2) is 8.35. The largest absolute Gasteiger partial charge is 0.342 e. The van der Waals surface area contributed by atoms with Gasteiger partial charge in [-0.3, -0.25) is 9.59 Å². The molecule has 1 N–H and O–H groups in total. The molecule has 2 aliphatic heterocycles. The standard InChI is InChI=1S/C20H26BrN3O4S/c21-18-6-5-16(29(27,28)22-15-3-4-15)13-17(18)20(26)24-11-7-14(8-12-24)19(25)23-9-1-2-10-23/h5-6,13-15,22H,1-4,7-12H2. The van der Waals surface area contributed by atoms with Crippen molar-refractivity contribution in [3.05, 3.63) is 28.2 Å². The van der Waals surface area contributed by atoms with Gasteiger partial charge in [-0.25, -0.2) is 13.1 Å². The Kier molecular flexibility index (Phi) is 5.99. The molecule has 0 spiro atoms. The van der Waals surface area contributed by atoms with E-state index >= 15 is 0 Å². The Bertz CT molecular complexity index is 902. The zero-order valence-corrected chi connectivity index (χ0v) is 18.7. The normalized spacial score (nSPS) is 20.9. The minimum absolute atomic E-state index is 0.00923. The number of hydrogen-bond acceptors (Lipinski definition) is 4. The van der Waals surface area contributed by atoms with Crippen LogP contribution in [0.4, 0.5) is 0 Å². The maximum absolute atomic E-state index is 13.1. The number of halogens is 1. The fourth-order valence-corrected chi connectivity index (χ4v) is 5.77. The number of nitrogens with one attached hydrogen (secondary N) is 1. The number of hydrogen-bond donors (Lipinski definition) is 1. The van der Waals surface area contributed by atoms with Crippen LogP contribution in [-0.2, 0) is 14.8 Å². The van der Waals surface area contributed by atoms with E-state index in [2.05, 4.69) is 20.7 Å². The lowest BCUT2D eigenvalue weighted by molar-refractivity contribution is -0.135. The smallest absolute Gasteiger partial charge is 0.255 e. The summed E-state index contributed by atoms with van der Waals surface area (Å²) in [5.74, 6) is -0.00233. The topological polar surface area (TPSA) is 86.8 Å². The molecule has 2 heterocycles. The number of amides is 2. The summed E-state index contributed by atoms with van der Waals surface area (Å²) in [5, 5.41) is 0. The first-order valence-corrected chi connectivity index (χ1v) is 12.5. The predicted octanol–water partition coefficient (Wildman–Crippen LogP) is 2.36.